The highest BCUT2D eigenvalue weighted by atomic mass is 16.5. The monoisotopic (exact) mass is 404 g/mol. The fraction of sp³-hybridized carbons (Fsp3) is 0.696. The number of unbranched alkanes of at least 4 members (excludes halogenated alkanes) is 7. The number of carbonyl (C=O) groups excluding carboxylic acids is 2. The van der Waals surface area contributed by atoms with Gasteiger partial charge in [0.25, 0.3) is 6.73 Å². The Labute approximate surface area is 175 Å². The summed E-state index contributed by atoms with van der Waals surface area (Å²) in [6.45, 7) is 4.87. The molecule has 29 heavy (non-hydrogen) atoms. The van der Waals surface area contributed by atoms with Crippen LogP contribution in [-0.2, 0) is 27.6 Å². The molecule has 1 saturated heterocycles. The predicted octanol–water partition coefficient (Wildman–Crippen LogP) is 3.33. The van der Waals surface area contributed by atoms with Crippen LogP contribution in [0.5, 0.6) is 0 Å². The molecule has 2 amide bonds. The number of rotatable bonds is 15. The third kappa shape index (κ3) is 9.88. The summed E-state index contributed by atoms with van der Waals surface area (Å²) < 4.78 is 7.77. The standard InChI is InChI=1S/C23H37N3O3/c1-2-3-4-5-6-7-8-9-16-29-20-25-14-10-12-21(18-25)17-24-22(27)19-26-15-11-13-23(26)28/h10,12,14,18H,2-9,11,13,15-17,19-20H2,1H3/p+1. The van der Waals surface area contributed by atoms with Crippen molar-refractivity contribution in [2.75, 3.05) is 19.7 Å². The van der Waals surface area contributed by atoms with Gasteiger partial charge in [0.2, 0.25) is 11.8 Å². The summed E-state index contributed by atoms with van der Waals surface area (Å²) in [5.41, 5.74) is 1.02. The first-order chi connectivity index (χ1) is 14.2. The molecule has 0 radical (unpaired) electrons. The van der Waals surface area contributed by atoms with Gasteiger partial charge in [0.1, 0.15) is 0 Å². The molecule has 2 heterocycles. The van der Waals surface area contributed by atoms with Crippen LogP contribution in [0.15, 0.2) is 24.5 Å². The van der Waals surface area contributed by atoms with Gasteiger partial charge in [-0.2, -0.15) is 4.57 Å². The van der Waals surface area contributed by atoms with E-state index in [4.69, 9.17) is 4.74 Å². The Balaban J connectivity index is 1.55. The summed E-state index contributed by atoms with van der Waals surface area (Å²) >= 11 is 0. The van der Waals surface area contributed by atoms with Crippen molar-refractivity contribution in [1.29, 1.82) is 0 Å². The van der Waals surface area contributed by atoms with Crippen LogP contribution in [0.2, 0.25) is 0 Å². The van der Waals surface area contributed by atoms with Crippen molar-refractivity contribution < 1.29 is 18.9 Å². The number of nitrogens with one attached hydrogen (secondary N) is 1. The average Bonchev–Trinajstić information content (AvgIpc) is 3.12. The average molecular weight is 405 g/mol. The van der Waals surface area contributed by atoms with Crippen molar-refractivity contribution >= 4 is 11.8 Å². The highest BCUT2D eigenvalue weighted by molar-refractivity contribution is 5.85. The van der Waals surface area contributed by atoms with Crippen LogP contribution in [-0.4, -0.2) is 36.4 Å². The van der Waals surface area contributed by atoms with Crippen LogP contribution < -0.4 is 9.88 Å². The minimum Gasteiger partial charge on any atom is -0.350 e. The Morgan fingerprint density at radius 3 is 2.66 bits per heavy atom. The zero-order valence-electron chi connectivity index (χ0n) is 18.0. The van der Waals surface area contributed by atoms with Crippen LogP contribution in [0.1, 0.15) is 76.7 Å². The Bertz CT molecular complexity index is 621. The molecular weight excluding hydrogens is 366 g/mol. The van der Waals surface area contributed by atoms with E-state index in [9.17, 15) is 9.59 Å². The highest BCUT2D eigenvalue weighted by Gasteiger charge is 2.22. The van der Waals surface area contributed by atoms with E-state index in [1.165, 1.54) is 44.9 Å². The third-order valence-electron chi connectivity index (χ3n) is 5.30. The minimum atomic E-state index is -0.110. The van der Waals surface area contributed by atoms with E-state index in [1.807, 2.05) is 29.1 Å². The number of amides is 2. The fourth-order valence-electron chi connectivity index (χ4n) is 3.57. The van der Waals surface area contributed by atoms with Gasteiger partial charge in [-0.1, -0.05) is 51.9 Å². The minimum absolute atomic E-state index is 0.0753. The molecule has 0 saturated carbocycles. The SMILES string of the molecule is CCCCCCCCCCOC[n+]1cccc(CNC(=O)CN2CCCC2=O)c1. The van der Waals surface area contributed by atoms with Crippen LogP contribution in [0.4, 0.5) is 0 Å². The molecule has 2 rings (SSSR count). The Morgan fingerprint density at radius 1 is 1.17 bits per heavy atom. The first kappa shape index (κ1) is 23.3. The summed E-state index contributed by atoms with van der Waals surface area (Å²) in [6, 6.07) is 3.95. The zero-order chi connectivity index (χ0) is 20.7. The van der Waals surface area contributed by atoms with Gasteiger partial charge in [-0.3, -0.25) is 9.59 Å². The number of pyridine rings is 1. The Morgan fingerprint density at radius 2 is 1.93 bits per heavy atom. The molecule has 1 aliphatic heterocycles. The summed E-state index contributed by atoms with van der Waals surface area (Å²) in [4.78, 5) is 25.3. The number of nitrogens with zero attached hydrogens (tertiary/aromatic N) is 2. The molecular formula is C23H38N3O3+. The smallest absolute Gasteiger partial charge is 0.252 e. The second kappa shape index (κ2) is 14.1. The van der Waals surface area contributed by atoms with Gasteiger partial charge in [-0.25, -0.2) is 0 Å². The van der Waals surface area contributed by atoms with E-state index in [0.717, 1.165) is 25.0 Å². The van der Waals surface area contributed by atoms with Crippen molar-refractivity contribution in [3.63, 3.8) is 0 Å². The quantitative estimate of drug-likeness (QED) is 0.360. The number of aromatic nitrogens is 1. The molecule has 1 aromatic heterocycles. The van der Waals surface area contributed by atoms with Gasteiger partial charge in [0, 0.05) is 31.1 Å². The largest absolute Gasteiger partial charge is 0.350 e. The van der Waals surface area contributed by atoms with Crippen molar-refractivity contribution in [1.82, 2.24) is 10.2 Å². The zero-order valence-corrected chi connectivity index (χ0v) is 18.0. The summed E-state index contributed by atoms with van der Waals surface area (Å²) in [6.07, 6.45) is 15.8. The van der Waals surface area contributed by atoms with Crippen LogP contribution in [0, 0.1) is 0 Å². The molecule has 1 aliphatic rings. The van der Waals surface area contributed by atoms with Gasteiger partial charge in [0.05, 0.1) is 13.2 Å². The Kier molecular flexibility index (Phi) is 11.3. The maximum Gasteiger partial charge on any atom is 0.252 e. The lowest BCUT2D eigenvalue weighted by atomic mass is 10.1. The summed E-state index contributed by atoms with van der Waals surface area (Å²) in [5, 5.41) is 2.90. The van der Waals surface area contributed by atoms with Gasteiger partial charge < -0.3 is 15.0 Å². The molecule has 6 heteroatoms. The van der Waals surface area contributed by atoms with Crippen molar-refractivity contribution in [3.05, 3.63) is 30.1 Å². The maximum atomic E-state index is 12.0. The third-order valence-corrected chi connectivity index (χ3v) is 5.30. The lowest BCUT2D eigenvalue weighted by Gasteiger charge is -2.14. The molecule has 1 fully saturated rings. The molecule has 0 aliphatic carbocycles. The van der Waals surface area contributed by atoms with Gasteiger partial charge in [-0.05, 0) is 18.9 Å². The van der Waals surface area contributed by atoms with Crippen LogP contribution in [0.25, 0.3) is 0 Å². The molecule has 6 nitrogen and oxygen atoms in total. The second-order valence-electron chi connectivity index (χ2n) is 7.93. The fourth-order valence-corrected chi connectivity index (χ4v) is 3.57. The van der Waals surface area contributed by atoms with E-state index < -0.39 is 0 Å². The molecule has 0 unspecified atom stereocenters. The lowest BCUT2D eigenvalue weighted by Crippen LogP contribution is -2.38. The van der Waals surface area contributed by atoms with E-state index >= 15 is 0 Å². The molecule has 0 aromatic carbocycles. The highest BCUT2D eigenvalue weighted by Crippen LogP contribution is 2.09. The second-order valence-corrected chi connectivity index (χ2v) is 7.93. The van der Waals surface area contributed by atoms with E-state index in [-0.39, 0.29) is 18.4 Å². The number of hydrogen-bond donors (Lipinski definition) is 1. The number of carbonyl (C=O) groups is 2. The van der Waals surface area contributed by atoms with Crippen LogP contribution in [0.3, 0.4) is 0 Å². The number of ether oxygens (including phenoxy) is 1. The lowest BCUT2D eigenvalue weighted by molar-refractivity contribution is -0.733. The number of likely N-dealkylation sites (tertiary alicyclic amines) is 1. The van der Waals surface area contributed by atoms with Crippen LogP contribution >= 0.6 is 0 Å². The molecule has 0 spiro atoms. The molecule has 1 N–H and O–H groups in total. The predicted molar refractivity (Wildman–Crippen MR) is 113 cm³/mol. The molecule has 0 atom stereocenters. The van der Waals surface area contributed by atoms with E-state index in [0.29, 0.717) is 26.2 Å². The molecule has 0 bridgehead atoms. The van der Waals surface area contributed by atoms with E-state index in [2.05, 4.69) is 12.2 Å². The van der Waals surface area contributed by atoms with Gasteiger partial charge in [-0.15, -0.1) is 0 Å². The maximum absolute atomic E-state index is 12.0. The Hall–Kier alpha value is -1.95. The van der Waals surface area contributed by atoms with Gasteiger partial charge in [0.15, 0.2) is 12.4 Å². The normalized spacial score (nSPS) is 13.8. The molecule has 1 aromatic rings. The van der Waals surface area contributed by atoms with Crippen molar-refractivity contribution in [3.8, 4) is 0 Å². The number of hydrogen-bond acceptors (Lipinski definition) is 3. The molecule has 162 valence electrons. The van der Waals surface area contributed by atoms with E-state index in [1.54, 1.807) is 4.90 Å². The summed E-state index contributed by atoms with van der Waals surface area (Å²) in [5.74, 6) is -0.0343. The van der Waals surface area contributed by atoms with Crippen molar-refractivity contribution in [2.24, 2.45) is 0 Å². The summed E-state index contributed by atoms with van der Waals surface area (Å²) in [7, 11) is 0. The first-order valence-electron chi connectivity index (χ1n) is 11.3. The van der Waals surface area contributed by atoms with Gasteiger partial charge >= 0.3 is 0 Å². The van der Waals surface area contributed by atoms with Crippen molar-refractivity contribution in [2.45, 2.75) is 84.4 Å². The first-order valence-corrected chi connectivity index (χ1v) is 11.3. The topological polar surface area (TPSA) is 62.5 Å².